The van der Waals surface area contributed by atoms with Gasteiger partial charge in [-0.3, -0.25) is 4.79 Å². The van der Waals surface area contributed by atoms with Gasteiger partial charge in [-0.05, 0) is 44.4 Å². The summed E-state index contributed by atoms with van der Waals surface area (Å²) in [6.45, 7) is 6.32. The highest BCUT2D eigenvalue weighted by atomic mass is 16.1. The van der Waals surface area contributed by atoms with Gasteiger partial charge in [-0.25, -0.2) is 0 Å². The molecule has 0 aromatic carbocycles. The summed E-state index contributed by atoms with van der Waals surface area (Å²) in [5.74, 6) is 2.47. The minimum absolute atomic E-state index is 0.389. The Bertz CT molecular complexity index is 152. The first kappa shape index (κ1) is 9.76. The Hall–Kier alpha value is -0.330. The van der Waals surface area contributed by atoms with E-state index in [0.29, 0.717) is 11.7 Å². The van der Waals surface area contributed by atoms with Crippen LogP contribution in [-0.4, -0.2) is 5.78 Å². The molecule has 0 aliphatic heterocycles. The SMILES string of the molecule is CC(=O)[C@H]1CC[C@@H](C(C)C)CC1. The third-order valence-electron chi connectivity index (χ3n) is 3.29. The highest BCUT2D eigenvalue weighted by molar-refractivity contribution is 5.78. The number of carbonyl (C=O) groups is 1. The van der Waals surface area contributed by atoms with Crippen molar-refractivity contribution in [3.8, 4) is 0 Å². The predicted octanol–water partition coefficient (Wildman–Crippen LogP) is 3.04. The van der Waals surface area contributed by atoms with E-state index in [1.54, 1.807) is 6.92 Å². The molecule has 1 saturated carbocycles. The summed E-state index contributed by atoms with van der Waals surface area (Å²) in [6, 6.07) is 0. The molecule has 12 heavy (non-hydrogen) atoms. The summed E-state index contributed by atoms with van der Waals surface area (Å²) in [6.07, 6.45) is 4.81. The molecule has 0 radical (unpaired) electrons. The number of carbonyl (C=O) groups excluding carboxylic acids is 1. The lowest BCUT2D eigenvalue weighted by molar-refractivity contribution is -0.122. The minimum Gasteiger partial charge on any atom is -0.300 e. The molecule has 0 aromatic heterocycles. The lowest BCUT2D eigenvalue weighted by atomic mass is 9.76. The van der Waals surface area contributed by atoms with Crippen LogP contribution < -0.4 is 0 Å². The third kappa shape index (κ3) is 2.33. The molecule has 0 N–H and O–H groups in total. The molecule has 1 fully saturated rings. The van der Waals surface area contributed by atoms with Gasteiger partial charge in [0.1, 0.15) is 5.78 Å². The van der Waals surface area contributed by atoms with Gasteiger partial charge in [-0.15, -0.1) is 0 Å². The summed E-state index contributed by atoms with van der Waals surface area (Å²) < 4.78 is 0. The van der Waals surface area contributed by atoms with Crippen LogP contribution in [0.4, 0.5) is 0 Å². The second-order valence-corrected chi connectivity index (χ2v) is 4.47. The van der Waals surface area contributed by atoms with Gasteiger partial charge in [0.05, 0.1) is 0 Å². The van der Waals surface area contributed by atoms with Crippen molar-refractivity contribution < 1.29 is 4.79 Å². The van der Waals surface area contributed by atoms with E-state index in [1.165, 1.54) is 12.8 Å². The third-order valence-corrected chi connectivity index (χ3v) is 3.29. The molecule has 0 unspecified atom stereocenters. The summed E-state index contributed by atoms with van der Waals surface area (Å²) in [7, 11) is 0. The molecule has 0 heterocycles. The fourth-order valence-corrected chi connectivity index (χ4v) is 2.19. The van der Waals surface area contributed by atoms with Crippen LogP contribution in [0.5, 0.6) is 0 Å². The highest BCUT2D eigenvalue weighted by Gasteiger charge is 2.25. The van der Waals surface area contributed by atoms with Gasteiger partial charge < -0.3 is 0 Å². The minimum atomic E-state index is 0.389. The van der Waals surface area contributed by atoms with Gasteiger partial charge in [0.25, 0.3) is 0 Å². The monoisotopic (exact) mass is 168 g/mol. The molecule has 0 atom stereocenters. The number of Topliss-reactive ketones (excluding diaryl/α,β-unsaturated/α-hetero) is 1. The molecule has 1 nitrogen and oxygen atoms in total. The zero-order chi connectivity index (χ0) is 9.14. The van der Waals surface area contributed by atoms with E-state index >= 15 is 0 Å². The fourth-order valence-electron chi connectivity index (χ4n) is 2.19. The number of rotatable bonds is 2. The van der Waals surface area contributed by atoms with Gasteiger partial charge in [-0.2, -0.15) is 0 Å². The van der Waals surface area contributed by atoms with Crippen LogP contribution in [0.2, 0.25) is 0 Å². The maximum absolute atomic E-state index is 11.1. The maximum atomic E-state index is 11.1. The number of ketones is 1. The van der Waals surface area contributed by atoms with Crippen LogP contribution in [0.25, 0.3) is 0 Å². The first-order chi connectivity index (χ1) is 5.61. The first-order valence-corrected chi connectivity index (χ1v) is 5.11. The standard InChI is InChI=1S/C11H20O/c1-8(2)10-4-6-11(7-5-10)9(3)12/h8,10-11H,4-7H2,1-3H3/t10-,11+. The van der Waals surface area contributed by atoms with E-state index in [-0.39, 0.29) is 0 Å². The summed E-state index contributed by atoms with van der Waals surface area (Å²) in [5, 5.41) is 0. The van der Waals surface area contributed by atoms with Gasteiger partial charge in [0.15, 0.2) is 0 Å². The van der Waals surface area contributed by atoms with Crippen LogP contribution in [0.3, 0.4) is 0 Å². The van der Waals surface area contributed by atoms with E-state index in [1.807, 2.05) is 0 Å². The summed E-state index contributed by atoms with van der Waals surface area (Å²) >= 11 is 0. The van der Waals surface area contributed by atoms with Crippen molar-refractivity contribution >= 4 is 5.78 Å². The summed E-state index contributed by atoms with van der Waals surface area (Å²) in [5.41, 5.74) is 0. The average molecular weight is 168 g/mol. The largest absolute Gasteiger partial charge is 0.300 e. The Morgan fingerprint density at radius 2 is 1.67 bits per heavy atom. The van der Waals surface area contributed by atoms with Gasteiger partial charge in [0.2, 0.25) is 0 Å². The maximum Gasteiger partial charge on any atom is 0.132 e. The van der Waals surface area contributed by atoms with E-state index in [9.17, 15) is 4.79 Å². The molecule has 70 valence electrons. The molecule has 0 amide bonds. The van der Waals surface area contributed by atoms with E-state index in [0.717, 1.165) is 24.7 Å². The second-order valence-electron chi connectivity index (χ2n) is 4.47. The Kier molecular flexibility index (Phi) is 3.30. The van der Waals surface area contributed by atoms with Crippen molar-refractivity contribution in [2.45, 2.75) is 46.5 Å². The quantitative estimate of drug-likeness (QED) is 0.619. The Morgan fingerprint density at radius 3 is 2.00 bits per heavy atom. The van der Waals surface area contributed by atoms with Crippen molar-refractivity contribution in [1.29, 1.82) is 0 Å². The fraction of sp³-hybridized carbons (Fsp3) is 0.909. The van der Waals surface area contributed by atoms with E-state index in [2.05, 4.69) is 13.8 Å². The molecule has 1 aliphatic rings. The van der Waals surface area contributed by atoms with Crippen molar-refractivity contribution in [1.82, 2.24) is 0 Å². The molecule has 0 bridgehead atoms. The number of hydrogen-bond donors (Lipinski definition) is 0. The van der Waals surface area contributed by atoms with E-state index in [4.69, 9.17) is 0 Å². The average Bonchev–Trinajstić information content (AvgIpc) is 2.04. The normalized spacial score (nSPS) is 30.7. The second kappa shape index (κ2) is 4.06. The lowest BCUT2D eigenvalue weighted by Crippen LogP contribution is -2.22. The van der Waals surface area contributed by atoms with Gasteiger partial charge in [-0.1, -0.05) is 13.8 Å². The number of hydrogen-bond acceptors (Lipinski definition) is 1. The Morgan fingerprint density at radius 1 is 1.17 bits per heavy atom. The van der Waals surface area contributed by atoms with E-state index < -0.39 is 0 Å². The van der Waals surface area contributed by atoms with Gasteiger partial charge in [0, 0.05) is 5.92 Å². The molecular weight excluding hydrogens is 148 g/mol. The van der Waals surface area contributed by atoms with Crippen LogP contribution in [0, 0.1) is 17.8 Å². The van der Waals surface area contributed by atoms with Crippen LogP contribution in [-0.2, 0) is 4.79 Å². The Balaban J connectivity index is 2.34. The zero-order valence-corrected chi connectivity index (χ0v) is 8.47. The predicted molar refractivity (Wildman–Crippen MR) is 51.0 cm³/mol. The first-order valence-electron chi connectivity index (χ1n) is 5.11. The molecule has 0 aromatic rings. The molecule has 1 aliphatic carbocycles. The summed E-state index contributed by atoms with van der Waals surface area (Å²) in [4.78, 5) is 11.1. The molecular formula is C11H20O. The molecule has 1 rings (SSSR count). The highest BCUT2D eigenvalue weighted by Crippen LogP contribution is 2.33. The van der Waals surface area contributed by atoms with Crippen molar-refractivity contribution in [2.75, 3.05) is 0 Å². The Labute approximate surface area is 75.5 Å². The van der Waals surface area contributed by atoms with Crippen molar-refractivity contribution in [3.05, 3.63) is 0 Å². The molecule has 1 heteroatoms. The lowest BCUT2D eigenvalue weighted by Gasteiger charge is -2.29. The smallest absolute Gasteiger partial charge is 0.132 e. The van der Waals surface area contributed by atoms with Crippen LogP contribution in [0.15, 0.2) is 0 Å². The molecule has 0 saturated heterocycles. The van der Waals surface area contributed by atoms with Crippen LogP contribution >= 0.6 is 0 Å². The van der Waals surface area contributed by atoms with Crippen LogP contribution in [0.1, 0.15) is 46.5 Å². The van der Waals surface area contributed by atoms with Gasteiger partial charge >= 0.3 is 0 Å². The van der Waals surface area contributed by atoms with Crippen molar-refractivity contribution in [2.24, 2.45) is 17.8 Å². The van der Waals surface area contributed by atoms with Crippen molar-refractivity contribution in [3.63, 3.8) is 0 Å². The topological polar surface area (TPSA) is 17.1 Å². The molecule has 0 spiro atoms. The zero-order valence-electron chi connectivity index (χ0n) is 8.47.